The van der Waals surface area contributed by atoms with Crippen LogP contribution in [0.1, 0.15) is 13.3 Å². The van der Waals surface area contributed by atoms with E-state index in [4.69, 9.17) is 0 Å². The lowest BCUT2D eigenvalue weighted by atomic mass is 10.1. The van der Waals surface area contributed by atoms with Crippen LogP contribution in [0.25, 0.3) is 0 Å². The zero-order chi connectivity index (χ0) is 9.42. The highest BCUT2D eigenvalue weighted by atomic mass is 16.3. The van der Waals surface area contributed by atoms with Crippen molar-refractivity contribution in [2.75, 3.05) is 19.6 Å². The molecule has 0 bridgehead atoms. The molecule has 0 aromatic carbocycles. The summed E-state index contributed by atoms with van der Waals surface area (Å²) in [6.45, 7) is 4.34. The standard InChI is InChI=1S/C9H18N2O2/c1-6(12)9-5-11-4-8(13)2-7(11)3-10-9/h6-10,12-13H,2-5H2,1H3/t6-,7?,8+,9-/m0/s1. The topological polar surface area (TPSA) is 55.7 Å². The van der Waals surface area contributed by atoms with E-state index >= 15 is 0 Å². The van der Waals surface area contributed by atoms with Crippen molar-refractivity contribution in [1.29, 1.82) is 0 Å². The first-order valence-electron chi connectivity index (χ1n) is 5.00. The average molecular weight is 186 g/mol. The number of rotatable bonds is 1. The molecule has 1 unspecified atom stereocenters. The van der Waals surface area contributed by atoms with Gasteiger partial charge < -0.3 is 15.5 Å². The Balaban J connectivity index is 1.93. The minimum atomic E-state index is -0.307. The van der Waals surface area contributed by atoms with E-state index in [9.17, 15) is 10.2 Å². The molecule has 3 N–H and O–H groups in total. The molecule has 2 aliphatic heterocycles. The van der Waals surface area contributed by atoms with Crippen LogP contribution >= 0.6 is 0 Å². The third kappa shape index (κ3) is 1.86. The Bertz CT molecular complexity index is 186. The molecule has 0 amide bonds. The molecule has 2 rings (SSSR count). The Morgan fingerprint density at radius 2 is 2.23 bits per heavy atom. The predicted molar refractivity (Wildman–Crippen MR) is 49.5 cm³/mol. The van der Waals surface area contributed by atoms with Gasteiger partial charge in [-0.1, -0.05) is 0 Å². The molecule has 0 spiro atoms. The van der Waals surface area contributed by atoms with Crippen LogP contribution < -0.4 is 5.32 Å². The van der Waals surface area contributed by atoms with Gasteiger partial charge in [-0.05, 0) is 13.3 Å². The Kier molecular flexibility index (Phi) is 2.55. The van der Waals surface area contributed by atoms with Gasteiger partial charge in [-0.25, -0.2) is 0 Å². The van der Waals surface area contributed by atoms with Gasteiger partial charge in [0, 0.05) is 31.7 Å². The lowest BCUT2D eigenvalue weighted by Crippen LogP contribution is -2.57. The molecule has 4 atom stereocenters. The van der Waals surface area contributed by atoms with Gasteiger partial charge >= 0.3 is 0 Å². The van der Waals surface area contributed by atoms with E-state index in [0.29, 0.717) is 6.04 Å². The van der Waals surface area contributed by atoms with E-state index in [2.05, 4.69) is 10.2 Å². The van der Waals surface area contributed by atoms with Crippen LogP contribution in [0.4, 0.5) is 0 Å². The van der Waals surface area contributed by atoms with Gasteiger partial charge in [-0.2, -0.15) is 0 Å². The molecule has 4 heteroatoms. The van der Waals surface area contributed by atoms with Gasteiger partial charge in [0.1, 0.15) is 0 Å². The van der Waals surface area contributed by atoms with Crippen molar-refractivity contribution in [2.45, 2.75) is 37.6 Å². The molecule has 0 aliphatic carbocycles. The Labute approximate surface area is 78.5 Å². The normalized spacial score (nSPS) is 43.2. The third-order valence-corrected chi connectivity index (χ3v) is 3.13. The Morgan fingerprint density at radius 3 is 2.92 bits per heavy atom. The maximum Gasteiger partial charge on any atom is 0.0682 e. The van der Waals surface area contributed by atoms with E-state index in [1.54, 1.807) is 0 Å². The molecular formula is C9H18N2O2. The van der Waals surface area contributed by atoms with E-state index in [-0.39, 0.29) is 18.2 Å². The number of nitrogens with zero attached hydrogens (tertiary/aromatic N) is 1. The summed E-state index contributed by atoms with van der Waals surface area (Å²) in [5.74, 6) is 0. The summed E-state index contributed by atoms with van der Waals surface area (Å²) in [5.41, 5.74) is 0. The van der Waals surface area contributed by atoms with Crippen LogP contribution in [0.2, 0.25) is 0 Å². The molecule has 2 saturated heterocycles. The summed E-state index contributed by atoms with van der Waals surface area (Å²) in [6.07, 6.45) is 0.401. The minimum Gasteiger partial charge on any atom is -0.392 e. The highest BCUT2D eigenvalue weighted by Crippen LogP contribution is 2.21. The molecule has 0 saturated carbocycles. The van der Waals surface area contributed by atoms with Gasteiger partial charge in [-0.15, -0.1) is 0 Å². The minimum absolute atomic E-state index is 0.167. The quantitative estimate of drug-likeness (QED) is 0.480. The van der Waals surface area contributed by atoms with Crippen molar-refractivity contribution in [3.05, 3.63) is 0 Å². The SMILES string of the molecule is C[C@H](O)[C@@H]1CN2C[C@H](O)CC2CN1. The number of fused-ring (bicyclic) bond motifs is 1. The molecule has 76 valence electrons. The smallest absolute Gasteiger partial charge is 0.0682 e. The molecule has 0 radical (unpaired) electrons. The van der Waals surface area contributed by atoms with Crippen LogP contribution in [0, 0.1) is 0 Å². The number of aliphatic hydroxyl groups excluding tert-OH is 2. The van der Waals surface area contributed by atoms with Gasteiger partial charge in [0.2, 0.25) is 0 Å². The second-order valence-electron chi connectivity index (χ2n) is 4.25. The average Bonchev–Trinajstić information content (AvgIpc) is 2.42. The van der Waals surface area contributed by atoms with Crippen molar-refractivity contribution >= 4 is 0 Å². The zero-order valence-electron chi connectivity index (χ0n) is 7.98. The zero-order valence-corrected chi connectivity index (χ0v) is 7.98. The monoisotopic (exact) mass is 186 g/mol. The fourth-order valence-corrected chi connectivity index (χ4v) is 2.32. The maximum atomic E-state index is 9.45. The maximum absolute atomic E-state index is 9.45. The predicted octanol–water partition coefficient (Wildman–Crippen LogP) is -1.23. The van der Waals surface area contributed by atoms with E-state index < -0.39 is 0 Å². The van der Waals surface area contributed by atoms with Crippen LogP contribution in [-0.4, -0.2) is 59.0 Å². The lowest BCUT2D eigenvalue weighted by Gasteiger charge is -2.37. The summed E-state index contributed by atoms with van der Waals surface area (Å²) in [7, 11) is 0. The molecule has 0 aromatic rings. The second-order valence-corrected chi connectivity index (χ2v) is 4.25. The van der Waals surface area contributed by atoms with E-state index in [1.807, 2.05) is 6.92 Å². The fraction of sp³-hybridized carbons (Fsp3) is 1.00. The summed E-state index contributed by atoms with van der Waals surface area (Å²) >= 11 is 0. The van der Waals surface area contributed by atoms with Gasteiger partial charge in [0.25, 0.3) is 0 Å². The molecule has 4 nitrogen and oxygen atoms in total. The van der Waals surface area contributed by atoms with Gasteiger partial charge in [0.05, 0.1) is 12.2 Å². The summed E-state index contributed by atoms with van der Waals surface area (Å²) in [6, 6.07) is 0.645. The van der Waals surface area contributed by atoms with Crippen molar-refractivity contribution in [1.82, 2.24) is 10.2 Å². The number of hydrogen-bond donors (Lipinski definition) is 3. The summed E-state index contributed by atoms with van der Waals surface area (Å²) in [5, 5.41) is 22.2. The van der Waals surface area contributed by atoms with Crippen molar-refractivity contribution < 1.29 is 10.2 Å². The van der Waals surface area contributed by atoms with Crippen molar-refractivity contribution in [2.24, 2.45) is 0 Å². The van der Waals surface area contributed by atoms with Crippen LogP contribution in [0.3, 0.4) is 0 Å². The van der Waals surface area contributed by atoms with Crippen molar-refractivity contribution in [3.63, 3.8) is 0 Å². The van der Waals surface area contributed by atoms with Gasteiger partial charge in [0.15, 0.2) is 0 Å². The first-order valence-corrected chi connectivity index (χ1v) is 5.00. The molecular weight excluding hydrogens is 168 g/mol. The number of hydrogen-bond acceptors (Lipinski definition) is 4. The first-order chi connectivity index (χ1) is 6.16. The van der Waals surface area contributed by atoms with Crippen molar-refractivity contribution in [3.8, 4) is 0 Å². The van der Waals surface area contributed by atoms with Crippen LogP contribution in [0.5, 0.6) is 0 Å². The number of aliphatic hydroxyl groups is 2. The highest BCUT2D eigenvalue weighted by Gasteiger charge is 2.36. The fourth-order valence-electron chi connectivity index (χ4n) is 2.32. The Morgan fingerprint density at radius 1 is 1.46 bits per heavy atom. The summed E-state index contributed by atoms with van der Waals surface area (Å²) < 4.78 is 0. The molecule has 2 fully saturated rings. The highest BCUT2D eigenvalue weighted by molar-refractivity contribution is 4.94. The van der Waals surface area contributed by atoms with Crippen LogP contribution in [0.15, 0.2) is 0 Å². The lowest BCUT2D eigenvalue weighted by molar-refractivity contribution is 0.0778. The molecule has 2 heterocycles. The molecule has 2 aliphatic rings. The summed E-state index contributed by atoms with van der Waals surface area (Å²) in [4.78, 5) is 2.28. The van der Waals surface area contributed by atoms with E-state index in [0.717, 1.165) is 26.1 Å². The number of nitrogens with one attached hydrogen (secondary N) is 1. The van der Waals surface area contributed by atoms with E-state index in [1.165, 1.54) is 0 Å². The largest absolute Gasteiger partial charge is 0.392 e. The first kappa shape index (κ1) is 9.40. The third-order valence-electron chi connectivity index (χ3n) is 3.13. The molecule has 0 aromatic heterocycles. The second kappa shape index (κ2) is 3.53. The molecule has 13 heavy (non-hydrogen) atoms. The Hall–Kier alpha value is -0.160. The number of piperazine rings is 1. The van der Waals surface area contributed by atoms with Crippen LogP contribution in [-0.2, 0) is 0 Å². The van der Waals surface area contributed by atoms with Gasteiger partial charge in [-0.3, -0.25) is 4.90 Å².